The van der Waals surface area contributed by atoms with Crippen LogP contribution in [0.4, 0.5) is 0 Å². The Morgan fingerprint density at radius 1 is 0.333 bits per heavy atom. The number of rotatable bonds is 3. The maximum Gasteiger partial charge on any atom is 0.0641 e. The Morgan fingerprint density at radius 2 is 0.844 bits per heavy atom. The van der Waals surface area contributed by atoms with Crippen LogP contribution < -0.4 is 0 Å². The van der Waals surface area contributed by atoms with Crippen LogP contribution in [0, 0.1) is 0 Å². The van der Waals surface area contributed by atoms with Crippen molar-refractivity contribution in [3.05, 3.63) is 158 Å². The van der Waals surface area contributed by atoms with Crippen molar-refractivity contribution in [1.82, 2.24) is 18.7 Å². The lowest BCUT2D eigenvalue weighted by Crippen LogP contribution is -1.97. The summed E-state index contributed by atoms with van der Waals surface area (Å²) in [7, 11) is 0. The van der Waals surface area contributed by atoms with E-state index in [9.17, 15) is 0 Å². The zero-order valence-electron chi connectivity index (χ0n) is 24.3. The van der Waals surface area contributed by atoms with Gasteiger partial charge in [0.1, 0.15) is 0 Å². The molecule has 10 rings (SSSR count). The average molecular weight is 575 g/mol. The van der Waals surface area contributed by atoms with Crippen LogP contribution >= 0.6 is 0 Å². The number of nitrogens with zero attached hydrogens (tertiary/aromatic N) is 4. The van der Waals surface area contributed by atoms with Crippen molar-refractivity contribution in [2.24, 2.45) is 0 Å². The van der Waals surface area contributed by atoms with Gasteiger partial charge in [0.2, 0.25) is 0 Å². The van der Waals surface area contributed by atoms with E-state index in [-0.39, 0.29) is 0 Å². The standard InChI is InChI=1S/C41H26N4/c1-2-10-27(11-3-1)44-37-17-9-6-14-33(37)40-39(44)23-22-32-30-12-4-8-16-36(30)45(41(32)40)29-20-18-28(19-21-29)43-35-15-7-5-13-31(35)34-26-42-25-24-38(34)43/h1-26H. The maximum absolute atomic E-state index is 4.42. The third-order valence-corrected chi connectivity index (χ3v) is 9.32. The molecule has 0 saturated heterocycles. The van der Waals surface area contributed by atoms with Gasteiger partial charge in [-0.2, -0.15) is 0 Å². The lowest BCUT2D eigenvalue weighted by molar-refractivity contribution is 1.14. The van der Waals surface area contributed by atoms with Gasteiger partial charge in [-0.3, -0.25) is 4.98 Å². The van der Waals surface area contributed by atoms with E-state index in [0.29, 0.717) is 0 Å². The first-order chi connectivity index (χ1) is 22.4. The Kier molecular flexibility index (Phi) is 4.96. The number of aromatic nitrogens is 4. The van der Waals surface area contributed by atoms with Crippen LogP contribution in [0.1, 0.15) is 0 Å². The molecular formula is C41H26N4. The summed E-state index contributed by atoms with van der Waals surface area (Å²) in [5.41, 5.74) is 10.6. The van der Waals surface area contributed by atoms with Crippen LogP contribution in [0.3, 0.4) is 0 Å². The summed E-state index contributed by atoms with van der Waals surface area (Å²) in [6, 6.07) is 52.5. The molecule has 0 spiro atoms. The van der Waals surface area contributed by atoms with Crippen LogP contribution in [0.5, 0.6) is 0 Å². The summed E-state index contributed by atoms with van der Waals surface area (Å²) in [5.74, 6) is 0. The van der Waals surface area contributed by atoms with Gasteiger partial charge in [0.15, 0.2) is 0 Å². The highest BCUT2D eigenvalue weighted by molar-refractivity contribution is 6.26. The Bertz CT molecular complexity index is 2690. The van der Waals surface area contributed by atoms with Gasteiger partial charge in [-0.1, -0.05) is 78.9 Å². The SMILES string of the molecule is c1ccc(-n2c3ccccc3c3c2ccc2c4ccccc4n(-c4ccc(-n5c6ccccc6c6cnccc65)cc4)c23)cc1. The fraction of sp³-hybridized carbons (Fsp3) is 0. The smallest absolute Gasteiger partial charge is 0.0641 e. The fourth-order valence-corrected chi connectivity index (χ4v) is 7.48. The van der Waals surface area contributed by atoms with Gasteiger partial charge in [0, 0.05) is 61.8 Å². The second kappa shape index (κ2) is 9.18. The highest BCUT2D eigenvalue weighted by Crippen LogP contribution is 2.42. The van der Waals surface area contributed by atoms with Crippen molar-refractivity contribution >= 4 is 65.4 Å². The maximum atomic E-state index is 4.42. The van der Waals surface area contributed by atoms with E-state index in [1.165, 1.54) is 54.5 Å². The number of benzene rings is 6. The first-order valence-corrected chi connectivity index (χ1v) is 15.3. The van der Waals surface area contributed by atoms with Gasteiger partial charge in [0.05, 0.1) is 33.1 Å². The lowest BCUT2D eigenvalue weighted by Gasteiger charge is -2.12. The molecule has 0 amide bonds. The molecule has 210 valence electrons. The molecule has 0 aliphatic carbocycles. The van der Waals surface area contributed by atoms with Crippen LogP contribution in [-0.2, 0) is 0 Å². The fourth-order valence-electron chi connectivity index (χ4n) is 7.48. The molecule has 0 atom stereocenters. The Labute approximate surface area is 258 Å². The molecule has 0 unspecified atom stereocenters. The minimum Gasteiger partial charge on any atom is -0.309 e. The quantitative estimate of drug-likeness (QED) is 0.206. The summed E-state index contributed by atoms with van der Waals surface area (Å²) in [6.45, 7) is 0. The zero-order valence-corrected chi connectivity index (χ0v) is 24.3. The van der Waals surface area contributed by atoms with E-state index in [1.807, 2.05) is 12.4 Å². The summed E-state index contributed by atoms with van der Waals surface area (Å²) in [5, 5.41) is 7.41. The minimum absolute atomic E-state index is 1.13. The van der Waals surface area contributed by atoms with Gasteiger partial charge in [0.25, 0.3) is 0 Å². The molecule has 0 N–H and O–H groups in total. The molecule has 0 aliphatic heterocycles. The second-order valence-corrected chi connectivity index (χ2v) is 11.7. The summed E-state index contributed by atoms with van der Waals surface area (Å²) < 4.78 is 7.19. The molecule has 4 heterocycles. The van der Waals surface area contributed by atoms with Gasteiger partial charge in [-0.25, -0.2) is 0 Å². The monoisotopic (exact) mass is 574 g/mol. The molecular weight excluding hydrogens is 548 g/mol. The number of hydrogen-bond donors (Lipinski definition) is 0. The molecule has 45 heavy (non-hydrogen) atoms. The van der Waals surface area contributed by atoms with Crippen molar-refractivity contribution < 1.29 is 0 Å². The number of pyridine rings is 1. The van der Waals surface area contributed by atoms with E-state index in [0.717, 1.165) is 28.0 Å². The first-order valence-electron chi connectivity index (χ1n) is 15.3. The highest BCUT2D eigenvalue weighted by Gasteiger charge is 2.21. The van der Waals surface area contributed by atoms with Gasteiger partial charge >= 0.3 is 0 Å². The molecule has 0 bridgehead atoms. The summed E-state index contributed by atoms with van der Waals surface area (Å²) in [6.07, 6.45) is 3.85. The normalized spacial score (nSPS) is 12.0. The summed E-state index contributed by atoms with van der Waals surface area (Å²) >= 11 is 0. The third kappa shape index (κ3) is 3.34. The molecule has 4 aromatic heterocycles. The topological polar surface area (TPSA) is 27.7 Å². The van der Waals surface area contributed by atoms with E-state index in [4.69, 9.17) is 0 Å². The summed E-state index contributed by atoms with van der Waals surface area (Å²) in [4.78, 5) is 4.42. The molecule has 0 fully saturated rings. The number of hydrogen-bond acceptors (Lipinski definition) is 1. The van der Waals surface area contributed by atoms with E-state index in [1.54, 1.807) is 0 Å². The predicted molar refractivity (Wildman–Crippen MR) is 187 cm³/mol. The van der Waals surface area contributed by atoms with Crippen LogP contribution in [0.25, 0.3) is 82.5 Å². The zero-order chi connectivity index (χ0) is 29.5. The second-order valence-electron chi connectivity index (χ2n) is 11.7. The number of para-hydroxylation sites is 4. The highest BCUT2D eigenvalue weighted by atomic mass is 15.0. The van der Waals surface area contributed by atoms with Crippen molar-refractivity contribution in [1.29, 1.82) is 0 Å². The predicted octanol–water partition coefficient (Wildman–Crippen LogP) is 10.4. The van der Waals surface area contributed by atoms with Gasteiger partial charge in [-0.15, -0.1) is 0 Å². The van der Waals surface area contributed by atoms with Crippen LogP contribution in [-0.4, -0.2) is 18.7 Å². The van der Waals surface area contributed by atoms with Crippen LogP contribution in [0.15, 0.2) is 158 Å². The Hall–Kier alpha value is -6.13. The molecule has 4 heteroatoms. The molecule has 0 saturated carbocycles. The minimum atomic E-state index is 1.13. The van der Waals surface area contributed by atoms with E-state index < -0.39 is 0 Å². The Morgan fingerprint density at radius 3 is 1.58 bits per heavy atom. The molecule has 10 aromatic rings. The van der Waals surface area contributed by atoms with Crippen molar-refractivity contribution in [2.75, 3.05) is 0 Å². The largest absolute Gasteiger partial charge is 0.309 e. The number of fused-ring (bicyclic) bond motifs is 10. The molecule has 0 aliphatic rings. The van der Waals surface area contributed by atoms with Gasteiger partial charge < -0.3 is 13.7 Å². The van der Waals surface area contributed by atoms with E-state index in [2.05, 4.69) is 164 Å². The molecule has 0 radical (unpaired) electrons. The third-order valence-electron chi connectivity index (χ3n) is 9.32. The average Bonchev–Trinajstić information content (AvgIpc) is 3.75. The van der Waals surface area contributed by atoms with Crippen LogP contribution in [0.2, 0.25) is 0 Å². The Balaban J connectivity index is 1.28. The lowest BCUT2D eigenvalue weighted by atomic mass is 10.1. The molecule has 6 aromatic carbocycles. The van der Waals surface area contributed by atoms with Gasteiger partial charge in [-0.05, 0) is 66.7 Å². The van der Waals surface area contributed by atoms with Crippen molar-refractivity contribution in [3.63, 3.8) is 0 Å². The van der Waals surface area contributed by atoms with E-state index >= 15 is 0 Å². The van der Waals surface area contributed by atoms with Crippen molar-refractivity contribution in [2.45, 2.75) is 0 Å². The van der Waals surface area contributed by atoms with Crippen molar-refractivity contribution in [3.8, 4) is 17.1 Å². The first kappa shape index (κ1) is 24.3. The molecule has 4 nitrogen and oxygen atoms in total.